The summed E-state index contributed by atoms with van der Waals surface area (Å²) in [6.07, 6.45) is 7.95. The van der Waals surface area contributed by atoms with Crippen molar-refractivity contribution in [2.75, 3.05) is 26.2 Å². The fraction of sp³-hybridized carbons (Fsp3) is 0.458. The third kappa shape index (κ3) is 4.38. The Morgan fingerprint density at radius 2 is 1.80 bits per heavy atom. The van der Waals surface area contributed by atoms with E-state index in [1.165, 1.54) is 38.8 Å². The number of nitrogens with zero attached hydrogens (tertiary/aromatic N) is 4. The Morgan fingerprint density at radius 3 is 2.53 bits per heavy atom. The Balaban J connectivity index is 1.44. The molecule has 0 radical (unpaired) electrons. The summed E-state index contributed by atoms with van der Waals surface area (Å²) in [4.78, 5) is 19.9. The molecular weight excluding hydrogens is 374 g/mol. The van der Waals surface area contributed by atoms with Crippen molar-refractivity contribution in [3.8, 4) is 11.1 Å². The maximum Gasteiger partial charge on any atom is 0.254 e. The van der Waals surface area contributed by atoms with Gasteiger partial charge in [-0.15, -0.1) is 0 Å². The van der Waals surface area contributed by atoms with Gasteiger partial charge in [-0.3, -0.25) is 4.79 Å². The van der Waals surface area contributed by atoms with E-state index in [1.54, 1.807) is 10.7 Å². The SMILES string of the molecule is Cc1nn2c(C)c(C(=O)NCCCN3CCCCCC3)cnc2c1-c1ccccc1. The van der Waals surface area contributed by atoms with Crippen LogP contribution in [0.4, 0.5) is 0 Å². The van der Waals surface area contributed by atoms with Gasteiger partial charge < -0.3 is 10.2 Å². The molecule has 3 aromatic rings. The Hall–Kier alpha value is -2.73. The van der Waals surface area contributed by atoms with Crippen LogP contribution in [0.15, 0.2) is 36.5 Å². The lowest BCUT2D eigenvalue weighted by Crippen LogP contribution is -2.31. The molecule has 3 heterocycles. The number of carbonyl (C=O) groups excluding carboxylic acids is 1. The second kappa shape index (κ2) is 9.39. The summed E-state index contributed by atoms with van der Waals surface area (Å²) in [7, 11) is 0. The van der Waals surface area contributed by atoms with Crippen LogP contribution in [0, 0.1) is 13.8 Å². The van der Waals surface area contributed by atoms with Gasteiger partial charge in [0.05, 0.1) is 17.0 Å². The molecule has 0 atom stereocenters. The van der Waals surface area contributed by atoms with E-state index in [2.05, 4.69) is 32.4 Å². The van der Waals surface area contributed by atoms with Gasteiger partial charge in [-0.2, -0.15) is 5.10 Å². The van der Waals surface area contributed by atoms with E-state index in [4.69, 9.17) is 0 Å². The van der Waals surface area contributed by atoms with Crippen molar-refractivity contribution in [2.45, 2.75) is 46.0 Å². The van der Waals surface area contributed by atoms with Crippen LogP contribution in [-0.2, 0) is 0 Å². The molecule has 4 rings (SSSR count). The molecule has 30 heavy (non-hydrogen) atoms. The molecule has 158 valence electrons. The van der Waals surface area contributed by atoms with Gasteiger partial charge in [0, 0.05) is 18.3 Å². The summed E-state index contributed by atoms with van der Waals surface area (Å²) < 4.78 is 1.80. The molecule has 6 nitrogen and oxygen atoms in total. The lowest BCUT2D eigenvalue weighted by Gasteiger charge is -2.19. The third-order valence-electron chi connectivity index (χ3n) is 6.00. The summed E-state index contributed by atoms with van der Waals surface area (Å²) in [5.41, 5.74) is 5.20. The van der Waals surface area contributed by atoms with Crippen LogP contribution in [0.5, 0.6) is 0 Å². The minimum atomic E-state index is -0.0767. The highest BCUT2D eigenvalue weighted by molar-refractivity contribution is 5.95. The first-order valence-corrected chi connectivity index (χ1v) is 11.1. The van der Waals surface area contributed by atoms with Crippen LogP contribution >= 0.6 is 0 Å². The van der Waals surface area contributed by atoms with Crippen LogP contribution < -0.4 is 5.32 Å². The van der Waals surface area contributed by atoms with Crippen molar-refractivity contribution in [3.63, 3.8) is 0 Å². The molecule has 1 amide bonds. The minimum Gasteiger partial charge on any atom is -0.352 e. The molecule has 1 aromatic carbocycles. The zero-order valence-corrected chi connectivity index (χ0v) is 18.0. The smallest absolute Gasteiger partial charge is 0.254 e. The number of carbonyl (C=O) groups is 1. The van der Waals surface area contributed by atoms with Crippen LogP contribution in [0.1, 0.15) is 53.8 Å². The number of amides is 1. The number of rotatable bonds is 6. The van der Waals surface area contributed by atoms with E-state index in [-0.39, 0.29) is 5.91 Å². The second-order valence-electron chi connectivity index (χ2n) is 8.18. The Morgan fingerprint density at radius 1 is 1.07 bits per heavy atom. The largest absolute Gasteiger partial charge is 0.352 e. The first-order valence-electron chi connectivity index (χ1n) is 11.1. The minimum absolute atomic E-state index is 0.0767. The van der Waals surface area contributed by atoms with Crippen molar-refractivity contribution < 1.29 is 4.79 Å². The number of aromatic nitrogens is 3. The van der Waals surface area contributed by atoms with Crippen LogP contribution in [0.2, 0.25) is 0 Å². The van der Waals surface area contributed by atoms with Crippen LogP contribution in [0.25, 0.3) is 16.8 Å². The van der Waals surface area contributed by atoms with Gasteiger partial charge in [0.2, 0.25) is 0 Å². The van der Waals surface area contributed by atoms with Gasteiger partial charge in [-0.1, -0.05) is 43.2 Å². The van der Waals surface area contributed by atoms with Crippen molar-refractivity contribution in [1.82, 2.24) is 24.8 Å². The Labute approximate surface area is 178 Å². The van der Waals surface area contributed by atoms with E-state index in [9.17, 15) is 4.79 Å². The number of hydrogen-bond donors (Lipinski definition) is 1. The zero-order chi connectivity index (χ0) is 20.9. The molecule has 0 saturated carbocycles. The average molecular weight is 406 g/mol. The number of nitrogens with one attached hydrogen (secondary N) is 1. The normalized spacial score (nSPS) is 15.3. The van der Waals surface area contributed by atoms with Crippen LogP contribution in [-0.4, -0.2) is 51.6 Å². The Bertz CT molecular complexity index is 1000. The highest BCUT2D eigenvalue weighted by atomic mass is 16.1. The van der Waals surface area contributed by atoms with Crippen molar-refractivity contribution in [3.05, 3.63) is 53.5 Å². The number of aryl methyl sites for hydroxylation is 2. The van der Waals surface area contributed by atoms with Crippen molar-refractivity contribution in [1.29, 1.82) is 0 Å². The molecule has 1 saturated heterocycles. The van der Waals surface area contributed by atoms with E-state index in [1.807, 2.05) is 32.0 Å². The zero-order valence-electron chi connectivity index (χ0n) is 18.0. The monoisotopic (exact) mass is 405 g/mol. The van der Waals surface area contributed by atoms with Gasteiger partial charge in [0.1, 0.15) is 0 Å². The van der Waals surface area contributed by atoms with Crippen LogP contribution in [0.3, 0.4) is 0 Å². The molecule has 2 aromatic heterocycles. The lowest BCUT2D eigenvalue weighted by molar-refractivity contribution is 0.0950. The molecule has 0 bridgehead atoms. The van der Waals surface area contributed by atoms with E-state index >= 15 is 0 Å². The molecule has 1 N–H and O–H groups in total. The summed E-state index contributed by atoms with van der Waals surface area (Å²) in [6.45, 7) is 8.03. The number of likely N-dealkylation sites (tertiary alicyclic amines) is 1. The summed E-state index contributed by atoms with van der Waals surface area (Å²) in [6, 6.07) is 10.1. The molecule has 0 unspecified atom stereocenters. The quantitative estimate of drug-likeness (QED) is 0.630. The first-order chi connectivity index (χ1) is 14.6. The van der Waals surface area contributed by atoms with E-state index < -0.39 is 0 Å². The first kappa shape index (κ1) is 20.5. The maximum atomic E-state index is 12.8. The summed E-state index contributed by atoms with van der Waals surface area (Å²) in [5, 5.41) is 7.73. The highest BCUT2D eigenvalue weighted by Crippen LogP contribution is 2.27. The molecule has 1 fully saturated rings. The number of benzene rings is 1. The molecule has 1 aliphatic rings. The standard InChI is InChI=1S/C24H31N5O/c1-18-22(20-11-6-5-7-12-20)23-26-17-21(19(2)29(23)27-18)24(30)25-13-10-16-28-14-8-3-4-9-15-28/h5-7,11-12,17H,3-4,8-10,13-16H2,1-2H3,(H,25,30). The van der Waals surface area contributed by atoms with E-state index in [0.29, 0.717) is 12.1 Å². The van der Waals surface area contributed by atoms with Gasteiger partial charge in [-0.25, -0.2) is 9.50 Å². The lowest BCUT2D eigenvalue weighted by atomic mass is 10.1. The molecule has 0 aliphatic carbocycles. The predicted octanol–water partition coefficient (Wildman–Crippen LogP) is 4.01. The summed E-state index contributed by atoms with van der Waals surface area (Å²) >= 11 is 0. The van der Waals surface area contributed by atoms with Crippen molar-refractivity contribution in [2.24, 2.45) is 0 Å². The average Bonchev–Trinajstić information content (AvgIpc) is 2.91. The Kier molecular flexibility index (Phi) is 6.43. The molecule has 6 heteroatoms. The number of hydrogen-bond acceptors (Lipinski definition) is 4. The van der Waals surface area contributed by atoms with Gasteiger partial charge in [0.25, 0.3) is 5.91 Å². The van der Waals surface area contributed by atoms with E-state index in [0.717, 1.165) is 41.1 Å². The molecule has 0 spiro atoms. The fourth-order valence-corrected chi connectivity index (χ4v) is 4.33. The highest BCUT2D eigenvalue weighted by Gasteiger charge is 2.18. The number of fused-ring (bicyclic) bond motifs is 1. The third-order valence-corrected chi connectivity index (χ3v) is 6.00. The fourth-order valence-electron chi connectivity index (χ4n) is 4.33. The second-order valence-corrected chi connectivity index (χ2v) is 8.18. The summed E-state index contributed by atoms with van der Waals surface area (Å²) in [5.74, 6) is -0.0767. The topological polar surface area (TPSA) is 62.5 Å². The van der Waals surface area contributed by atoms with Gasteiger partial charge >= 0.3 is 0 Å². The molecule has 1 aliphatic heterocycles. The maximum absolute atomic E-state index is 12.8. The van der Waals surface area contributed by atoms with Crippen molar-refractivity contribution >= 4 is 11.6 Å². The van der Waals surface area contributed by atoms with Gasteiger partial charge in [-0.05, 0) is 58.3 Å². The predicted molar refractivity (Wildman–Crippen MR) is 120 cm³/mol. The van der Waals surface area contributed by atoms with Gasteiger partial charge in [0.15, 0.2) is 5.65 Å². The molecular formula is C24H31N5O.